The lowest BCUT2D eigenvalue weighted by Crippen LogP contribution is -2.37. The fourth-order valence-electron chi connectivity index (χ4n) is 3.25. The Labute approximate surface area is 157 Å². The van der Waals surface area contributed by atoms with Crippen LogP contribution in [0, 0.1) is 18.8 Å². The van der Waals surface area contributed by atoms with Crippen LogP contribution in [-0.4, -0.2) is 45.1 Å². The molecule has 1 amide bonds. The van der Waals surface area contributed by atoms with E-state index in [1.807, 2.05) is 49.4 Å². The van der Waals surface area contributed by atoms with Gasteiger partial charge >= 0.3 is 0 Å². The van der Waals surface area contributed by atoms with E-state index in [0.717, 1.165) is 33.4 Å². The number of likely N-dealkylation sites (N-methyl/N-ethyl adjacent to an activating group) is 1. The zero-order valence-corrected chi connectivity index (χ0v) is 15.2. The highest BCUT2D eigenvalue weighted by molar-refractivity contribution is 5.90. The fraction of sp³-hybridized carbons (Fsp3) is 0.227. The number of nitrogens with zero attached hydrogens (tertiary/aromatic N) is 3. The number of likely N-dealkylation sites (tertiary alicyclic amines) is 1. The molecule has 1 unspecified atom stereocenters. The highest BCUT2D eigenvalue weighted by atomic mass is 16.3. The average molecular weight is 357 g/mol. The van der Waals surface area contributed by atoms with E-state index in [0.29, 0.717) is 13.0 Å². The Hall–Kier alpha value is -3.23. The van der Waals surface area contributed by atoms with Gasteiger partial charge in [-0.05, 0) is 31.2 Å². The summed E-state index contributed by atoms with van der Waals surface area (Å²) in [6, 6.07) is 13.6. The number of hydrogen-bond acceptors (Lipinski definition) is 4. The number of aryl methyl sites for hydroxylation is 1. The largest absolute Gasteiger partial charge is 0.369 e. The first kappa shape index (κ1) is 17.2. The van der Waals surface area contributed by atoms with Crippen molar-refractivity contribution < 1.29 is 9.90 Å². The van der Waals surface area contributed by atoms with Gasteiger partial charge in [0.15, 0.2) is 0 Å². The normalized spacial score (nSPS) is 19.2. The van der Waals surface area contributed by atoms with Gasteiger partial charge in [0.25, 0.3) is 5.91 Å². The number of benzene rings is 1. The third-order valence-corrected chi connectivity index (χ3v) is 4.87. The molecule has 1 aromatic carbocycles. The minimum atomic E-state index is -1.59. The molecule has 3 aromatic rings. The van der Waals surface area contributed by atoms with E-state index in [1.54, 1.807) is 13.2 Å². The van der Waals surface area contributed by atoms with Gasteiger partial charge in [-0.15, -0.1) is 0 Å². The number of aromatic nitrogens is 2. The van der Waals surface area contributed by atoms with Gasteiger partial charge in [0.2, 0.25) is 5.60 Å². The van der Waals surface area contributed by atoms with Crippen LogP contribution in [0.2, 0.25) is 0 Å². The topological polar surface area (TPSA) is 66.3 Å². The third-order valence-electron chi connectivity index (χ3n) is 4.87. The monoisotopic (exact) mass is 357 g/mol. The summed E-state index contributed by atoms with van der Waals surface area (Å²) in [4.78, 5) is 22.6. The van der Waals surface area contributed by atoms with Crippen LogP contribution in [0.25, 0.3) is 22.2 Å². The van der Waals surface area contributed by atoms with E-state index in [1.165, 1.54) is 4.90 Å². The summed E-state index contributed by atoms with van der Waals surface area (Å²) in [5, 5.41) is 11.5. The molecule has 0 saturated carbocycles. The van der Waals surface area contributed by atoms with Crippen LogP contribution in [0.1, 0.15) is 17.7 Å². The summed E-state index contributed by atoms with van der Waals surface area (Å²) in [7, 11) is 1.67. The predicted octanol–water partition coefficient (Wildman–Crippen LogP) is 2.55. The summed E-state index contributed by atoms with van der Waals surface area (Å²) < 4.78 is 0. The molecular weight excluding hydrogens is 338 g/mol. The summed E-state index contributed by atoms with van der Waals surface area (Å²) in [5.41, 5.74) is 2.66. The zero-order valence-electron chi connectivity index (χ0n) is 15.2. The van der Waals surface area contributed by atoms with Gasteiger partial charge in [-0.25, -0.2) is 4.98 Å². The van der Waals surface area contributed by atoms with Gasteiger partial charge in [-0.2, -0.15) is 0 Å². The summed E-state index contributed by atoms with van der Waals surface area (Å²) in [5.74, 6) is 5.36. The van der Waals surface area contributed by atoms with Gasteiger partial charge in [-0.3, -0.25) is 9.78 Å². The van der Waals surface area contributed by atoms with Crippen LogP contribution < -0.4 is 0 Å². The molecule has 0 radical (unpaired) electrons. The van der Waals surface area contributed by atoms with E-state index in [9.17, 15) is 9.90 Å². The van der Waals surface area contributed by atoms with E-state index in [2.05, 4.69) is 16.8 Å². The number of hydrogen-bond donors (Lipinski definition) is 1. The van der Waals surface area contributed by atoms with Crippen molar-refractivity contribution in [2.45, 2.75) is 18.9 Å². The molecule has 134 valence electrons. The average Bonchev–Trinajstić information content (AvgIpc) is 2.95. The lowest BCUT2D eigenvalue weighted by Gasteiger charge is -2.13. The smallest absolute Gasteiger partial charge is 0.267 e. The van der Waals surface area contributed by atoms with Gasteiger partial charge in [-0.1, -0.05) is 30.0 Å². The Morgan fingerprint density at radius 1 is 1.22 bits per heavy atom. The van der Waals surface area contributed by atoms with Gasteiger partial charge < -0.3 is 10.0 Å². The van der Waals surface area contributed by atoms with Crippen molar-refractivity contribution >= 4 is 16.8 Å². The lowest BCUT2D eigenvalue weighted by molar-refractivity contribution is -0.137. The number of amides is 1. The summed E-state index contributed by atoms with van der Waals surface area (Å²) in [6.07, 6.45) is 2.11. The van der Waals surface area contributed by atoms with E-state index in [-0.39, 0.29) is 5.91 Å². The molecule has 27 heavy (non-hydrogen) atoms. The Morgan fingerprint density at radius 2 is 2.07 bits per heavy atom. The molecule has 0 aliphatic carbocycles. The molecule has 1 saturated heterocycles. The molecule has 1 atom stereocenters. The van der Waals surface area contributed by atoms with Crippen molar-refractivity contribution in [2.24, 2.45) is 0 Å². The maximum Gasteiger partial charge on any atom is 0.267 e. The van der Waals surface area contributed by atoms with Crippen LogP contribution in [-0.2, 0) is 4.79 Å². The number of fused-ring (bicyclic) bond motifs is 1. The van der Waals surface area contributed by atoms with E-state index >= 15 is 0 Å². The number of rotatable bonds is 1. The Balaban J connectivity index is 1.69. The maximum atomic E-state index is 12.1. The minimum Gasteiger partial charge on any atom is -0.369 e. The van der Waals surface area contributed by atoms with Crippen molar-refractivity contribution in [3.63, 3.8) is 0 Å². The first-order valence-electron chi connectivity index (χ1n) is 8.80. The maximum absolute atomic E-state index is 12.1. The molecule has 1 aliphatic rings. The highest BCUT2D eigenvalue weighted by Crippen LogP contribution is 2.24. The molecule has 4 rings (SSSR count). The number of carbonyl (C=O) groups is 1. The fourth-order valence-corrected chi connectivity index (χ4v) is 3.25. The molecule has 1 aliphatic heterocycles. The SMILES string of the molecule is Cc1nccc2ccc(-c3cccc(C#CC4(O)CCN(C)C4=O)c3)nc12. The standard InChI is InChI=1S/C22H19N3O2/c1-15-20-17(9-12-23-15)6-7-19(24-20)18-5-3-4-16(14-18)8-10-22(27)11-13-25(2)21(22)26/h3-7,9,12,14,27H,11,13H2,1-2H3. The minimum absolute atomic E-state index is 0.327. The quantitative estimate of drug-likeness (QED) is 0.680. The molecule has 1 N–H and O–H groups in total. The Bertz CT molecular complexity index is 1110. The third kappa shape index (κ3) is 3.16. The lowest BCUT2D eigenvalue weighted by atomic mass is 10.0. The molecule has 5 nitrogen and oxygen atoms in total. The van der Waals surface area contributed by atoms with Crippen molar-refractivity contribution in [3.8, 4) is 23.1 Å². The number of carbonyl (C=O) groups excluding carboxylic acids is 1. The molecule has 0 spiro atoms. The molecular formula is C22H19N3O2. The molecule has 0 bridgehead atoms. The molecule has 1 fully saturated rings. The Morgan fingerprint density at radius 3 is 2.85 bits per heavy atom. The second kappa shape index (κ2) is 6.49. The van der Waals surface area contributed by atoms with Crippen molar-refractivity contribution in [1.82, 2.24) is 14.9 Å². The second-order valence-corrected chi connectivity index (χ2v) is 6.83. The molecule has 2 aromatic heterocycles. The van der Waals surface area contributed by atoms with Crippen LogP contribution in [0.5, 0.6) is 0 Å². The second-order valence-electron chi connectivity index (χ2n) is 6.83. The van der Waals surface area contributed by atoms with E-state index in [4.69, 9.17) is 4.98 Å². The summed E-state index contributed by atoms with van der Waals surface area (Å²) >= 11 is 0. The van der Waals surface area contributed by atoms with E-state index < -0.39 is 5.60 Å². The first-order valence-corrected chi connectivity index (χ1v) is 8.80. The van der Waals surface area contributed by atoms with Crippen LogP contribution in [0.4, 0.5) is 0 Å². The van der Waals surface area contributed by atoms with Crippen molar-refractivity contribution in [1.29, 1.82) is 0 Å². The highest BCUT2D eigenvalue weighted by Gasteiger charge is 2.42. The van der Waals surface area contributed by atoms with Crippen molar-refractivity contribution in [3.05, 3.63) is 59.9 Å². The van der Waals surface area contributed by atoms with Gasteiger partial charge in [0, 0.05) is 42.7 Å². The molecule has 3 heterocycles. The van der Waals surface area contributed by atoms with Crippen molar-refractivity contribution in [2.75, 3.05) is 13.6 Å². The van der Waals surface area contributed by atoms with Crippen LogP contribution in [0.3, 0.4) is 0 Å². The number of pyridine rings is 2. The first-order chi connectivity index (χ1) is 13.0. The van der Waals surface area contributed by atoms with Gasteiger partial charge in [0.05, 0.1) is 16.9 Å². The Kier molecular flexibility index (Phi) is 4.14. The van der Waals surface area contributed by atoms with Crippen LogP contribution >= 0.6 is 0 Å². The molecule has 5 heteroatoms. The van der Waals surface area contributed by atoms with Gasteiger partial charge in [0.1, 0.15) is 0 Å². The predicted molar refractivity (Wildman–Crippen MR) is 104 cm³/mol. The summed E-state index contributed by atoms with van der Waals surface area (Å²) in [6.45, 7) is 2.45. The number of aliphatic hydroxyl groups is 1. The zero-order chi connectivity index (χ0) is 19.0. The van der Waals surface area contributed by atoms with Crippen LogP contribution in [0.15, 0.2) is 48.7 Å².